The number of carbonyl (C=O) groups is 1. The smallest absolute Gasteiger partial charge is 0.293 e. The van der Waals surface area contributed by atoms with Gasteiger partial charge in [0.2, 0.25) is 0 Å². The Morgan fingerprint density at radius 2 is 2.12 bits per heavy atom. The molecule has 1 fully saturated rings. The molecular formula is C20H23N3O2S. The van der Waals surface area contributed by atoms with E-state index >= 15 is 0 Å². The second kappa shape index (κ2) is 7.21. The summed E-state index contributed by atoms with van der Waals surface area (Å²) in [4.78, 5) is 19.2. The summed E-state index contributed by atoms with van der Waals surface area (Å²) >= 11 is 1.50. The summed E-state index contributed by atoms with van der Waals surface area (Å²) < 4.78 is 6.46. The maximum absolute atomic E-state index is 12.2. The minimum atomic E-state index is -0.264. The highest BCUT2D eigenvalue weighted by Crippen LogP contribution is 2.28. The first kappa shape index (κ1) is 17.2. The summed E-state index contributed by atoms with van der Waals surface area (Å²) in [7, 11) is 0. The summed E-state index contributed by atoms with van der Waals surface area (Å²) in [5, 5.41) is 3.43. The van der Waals surface area contributed by atoms with Crippen LogP contribution < -0.4 is 5.32 Å². The van der Waals surface area contributed by atoms with Crippen molar-refractivity contribution in [1.29, 1.82) is 0 Å². The standard InChI is InChI=1S/C20H23N3O2S/c1-13-7-9-23(10-8-13)12-15-4-5-16-18(11-15)26-20(21-16)22-19(24)17-6-3-14(2)25-17/h3-6,11,13H,7-10,12H2,1-2H3,(H,21,22,24). The van der Waals surface area contributed by atoms with Crippen LogP contribution in [0.15, 0.2) is 34.7 Å². The van der Waals surface area contributed by atoms with E-state index in [-0.39, 0.29) is 5.91 Å². The zero-order valence-corrected chi connectivity index (χ0v) is 15.9. The van der Waals surface area contributed by atoms with Gasteiger partial charge in [-0.05, 0) is 68.6 Å². The molecule has 26 heavy (non-hydrogen) atoms. The predicted molar refractivity (Wildman–Crippen MR) is 105 cm³/mol. The van der Waals surface area contributed by atoms with E-state index in [4.69, 9.17) is 4.42 Å². The van der Waals surface area contributed by atoms with Crippen molar-refractivity contribution in [3.05, 3.63) is 47.4 Å². The number of fused-ring (bicyclic) bond motifs is 1. The fraction of sp³-hybridized carbons (Fsp3) is 0.400. The van der Waals surface area contributed by atoms with E-state index in [1.54, 1.807) is 12.1 Å². The van der Waals surface area contributed by atoms with E-state index in [1.165, 1.54) is 42.8 Å². The van der Waals surface area contributed by atoms with Crippen LogP contribution in [0.1, 0.15) is 41.6 Å². The number of furan rings is 1. The quantitative estimate of drug-likeness (QED) is 0.725. The Morgan fingerprint density at radius 1 is 1.31 bits per heavy atom. The lowest BCUT2D eigenvalue weighted by atomic mass is 9.99. The van der Waals surface area contributed by atoms with Crippen LogP contribution >= 0.6 is 11.3 Å². The van der Waals surface area contributed by atoms with Gasteiger partial charge < -0.3 is 4.42 Å². The number of likely N-dealkylation sites (tertiary alicyclic amines) is 1. The lowest BCUT2D eigenvalue weighted by molar-refractivity contribution is 0.0995. The van der Waals surface area contributed by atoms with Crippen LogP contribution in [0.5, 0.6) is 0 Å². The third-order valence-corrected chi connectivity index (χ3v) is 5.85. The van der Waals surface area contributed by atoms with E-state index < -0.39 is 0 Å². The molecule has 0 saturated carbocycles. The number of rotatable bonds is 4. The number of hydrogen-bond acceptors (Lipinski definition) is 5. The minimum Gasteiger partial charge on any atom is -0.456 e. The molecule has 1 aliphatic rings. The average molecular weight is 369 g/mol. The van der Waals surface area contributed by atoms with Gasteiger partial charge in [0.1, 0.15) is 5.76 Å². The molecule has 0 atom stereocenters. The van der Waals surface area contributed by atoms with Gasteiger partial charge >= 0.3 is 0 Å². The average Bonchev–Trinajstić information content (AvgIpc) is 3.22. The normalized spacial score (nSPS) is 16.2. The number of thiazole rings is 1. The number of piperidine rings is 1. The zero-order valence-electron chi connectivity index (χ0n) is 15.1. The van der Waals surface area contributed by atoms with E-state index in [0.29, 0.717) is 10.9 Å². The number of benzene rings is 1. The molecule has 3 heterocycles. The molecule has 136 valence electrons. The van der Waals surface area contributed by atoms with Gasteiger partial charge in [0.05, 0.1) is 10.2 Å². The molecule has 0 bridgehead atoms. The third kappa shape index (κ3) is 3.81. The Bertz CT molecular complexity index is 922. The van der Waals surface area contributed by atoms with Crippen LogP contribution in [0, 0.1) is 12.8 Å². The number of hydrogen-bond donors (Lipinski definition) is 1. The monoisotopic (exact) mass is 369 g/mol. The molecule has 0 aliphatic carbocycles. The molecule has 0 radical (unpaired) electrons. The first-order valence-corrected chi connectivity index (χ1v) is 9.88. The summed E-state index contributed by atoms with van der Waals surface area (Å²) in [6.07, 6.45) is 2.57. The van der Waals surface area contributed by atoms with E-state index in [1.807, 2.05) is 13.0 Å². The number of carbonyl (C=O) groups excluding carboxylic acids is 1. The summed E-state index contributed by atoms with van der Waals surface area (Å²) in [6, 6.07) is 9.83. The van der Waals surface area contributed by atoms with Gasteiger partial charge in [-0.15, -0.1) is 0 Å². The number of amides is 1. The minimum absolute atomic E-state index is 0.264. The Balaban J connectivity index is 1.46. The Kier molecular flexibility index (Phi) is 4.78. The number of nitrogens with one attached hydrogen (secondary N) is 1. The molecule has 0 unspecified atom stereocenters. The Labute approximate surface area is 157 Å². The van der Waals surface area contributed by atoms with Crippen LogP contribution in [-0.2, 0) is 6.54 Å². The highest BCUT2D eigenvalue weighted by Gasteiger charge is 2.17. The largest absolute Gasteiger partial charge is 0.456 e. The first-order valence-electron chi connectivity index (χ1n) is 9.06. The zero-order chi connectivity index (χ0) is 18.1. The van der Waals surface area contributed by atoms with Gasteiger partial charge in [-0.2, -0.15) is 0 Å². The van der Waals surface area contributed by atoms with Crippen LogP contribution in [-0.4, -0.2) is 28.9 Å². The molecule has 1 saturated heterocycles. The summed E-state index contributed by atoms with van der Waals surface area (Å²) in [5.74, 6) is 1.61. The van der Waals surface area contributed by atoms with Gasteiger partial charge in [-0.3, -0.25) is 15.0 Å². The van der Waals surface area contributed by atoms with Crippen LogP contribution in [0.2, 0.25) is 0 Å². The molecule has 1 aromatic carbocycles. The van der Waals surface area contributed by atoms with Crippen LogP contribution in [0.4, 0.5) is 5.13 Å². The summed E-state index contributed by atoms with van der Waals surface area (Å²) in [5.41, 5.74) is 2.21. The second-order valence-electron chi connectivity index (χ2n) is 7.14. The summed E-state index contributed by atoms with van der Waals surface area (Å²) in [6.45, 7) is 7.48. The molecule has 1 aliphatic heterocycles. The van der Waals surface area contributed by atoms with Crippen molar-refractivity contribution in [3.8, 4) is 0 Å². The van der Waals surface area contributed by atoms with Crippen molar-refractivity contribution < 1.29 is 9.21 Å². The number of aromatic nitrogens is 1. The second-order valence-corrected chi connectivity index (χ2v) is 8.17. The van der Waals surface area contributed by atoms with Crippen molar-refractivity contribution in [2.45, 2.75) is 33.2 Å². The van der Waals surface area contributed by atoms with E-state index in [0.717, 1.165) is 28.4 Å². The van der Waals surface area contributed by atoms with Crippen molar-refractivity contribution >= 4 is 32.6 Å². The molecule has 5 nitrogen and oxygen atoms in total. The van der Waals surface area contributed by atoms with Crippen molar-refractivity contribution in [3.63, 3.8) is 0 Å². The molecule has 6 heteroatoms. The molecule has 1 N–H and O–H groups in total. The van der Waals surface area contributed by atoms with Crippen LogP contribution in [0.25, 0.3) is 10.2 Å². The van der Waals surface area contributed by atoms with Crippen LogP contribution in [0.3, 0.4) is 0 Å². The maximum atomic E-state index is 12.2. The molecule has 2 aromatic heterocycles. The van der Waals surface area contributed by atoms with Gasteiger partial charge in [-0.1, -0.05) is 24.3 Å². The first-order chi connectivity index (χ1) is 12.6. The highest BCUT2D eigenvalue weighted by molar-refractivity contribution is 7.22. The van der Waals surface area contributed by atoms with Gasteiger partial charge in [0, 0.05) is 6.54 Å². The topological polar surface area (TPSA) is 58.4 Å². The highest BCUT2D eigenvalue weighted by atomic mass is 32.1. The number of nitrogens with zero attached hydrogens (tertiary/aromatic N) is 2. The van der Waals surface area contributed by atoms with Gasteiger partial charge in [0.25, 0.3) is 5.91 Å². The third-order valence-electron chi connectivity index (χ3n) is 4.92. The lowest BCUT2D eigenvalue weighted by Crippen LogP contribution is -2.32. The predicted octanol–water partition coefficient (Wildman–Crippen LogP) is 4.68. The lowest BCUT2D eigenvalue weighted by Gasteiger charge is -2.30. The van der Waals surface area contributed by atoms with Crippen molar-refractivity contribution in [1.82, 2.24) is 9.88 Å². The molecule has 0 spiro atoms. The fourth-order valence-corrected chi connectivity index (χ4v) is 4.24. The molecule has 4 rings (SSSR count). The number of anilines is 1. The fourth-order valence-electron chi connectivity index (χ4n) is 3.31. The number of aryl methyl sites for hydroxylation is 1. The van der Waals surface area contributed by atoms with Gasteiger partial charge in [-0.25, -0.2) is 4.98 Å². The Morgan fingerprint density at radius 3 is 2.85 bits per heavy atom. The van der Waals surface area contributed by atoms with Crippen molar-refractivity contribution in [2.24, 2.45) is 5.92 Å². The van der Waals surface area contributed by atoms with Crippen molar-refractivity contribution in [2.75, 3.05) is 18.4 Å². The SMILES string of the molecule is Cc1ccc(C(=O)Nc2nc3ccc(CN4CCC(C)CC4)cc3s2)o1. The Hall–Kier alpha value is -2.18. The molecular weight excluding hydrogens is 346 g/mol. The maximum Gasteiger partial charge on any atom is 0.293 e. The van der Waals surface area contributed by atoms with E-state index in [9.17, 15) is 4.79 Å². The molecule has 1 amide bonds. The van der Waals surface area contributed by atoms with Gasteiger partial charge in [0.15, 0.2) is 10.9 Å². The van der Waals surface area contributed by atoms with E-state index in [2.05, 4.69) is 34.3 Å². The molecule has 3 aromatic rings.